The molecule has 1 saturated carbocycles. The molecule has 2 fully saturated rings. The second-order valence-electron chi connectivity index (χ2n) is 5.94. The maximum Gasteiger partial charge on any atom is 0.307 e. The molecule has 7 nitrogen and oxygen atoms in total. The van der Waals surface area contributed by atoms with E-state index < -0.39 is 11.9 Å². The normalized spacial score (nSPS) is 24.0. The van der Waals surface area contributed by atoms with Gasteiger partial charge in [-0.25, -0.2) is 9.97 Å². The second kappa shape index (κ2) is 5.45. The summed E-state index contributed by atoms with van der Waals surface area (Å²) < 4.78 is 0. The number of rotatable bonds is 3. The van der Waals surface area contributed by atoms with Gasteiger partial charge in [-0.2, -0.15) is 0 Å². The van der Waals surface area contributed by atoms with E-state index in [1.807, 2.05) is 11.4 Å². The van der Waals surface area contributed by atoms with Crippen LogP contribution in [0.25, 0.3) is 10.2 Å². The number of hydrogen-bond acceptors (Lipinski definition) is 6. The molecule has 1 saturated heterocycles. The molecule has 0 aromatic carbocycles. The summed E-state index contributed by atoms with van der Waals surface area (Å²) in [6.07, 6.45) is 2.06. The molecular weight excluding hydrogens is 316 g/mol. The highest BCUT2D eigenvalue weighted by atomic mass is 32.1. The van der Waals surface area contributed by atoms with Crippen LogP contribution in [-0.4, -0.2) is 58.0 Å². The SMILES string of the molecule is O=C(O)[C@H]1C[C@@H]1C(=O)N1CCN(c2ncnc3sccc23)CC1. The number of hydrogen-bond donors (Lipinski definition) is 1. The quantitative estimate of drug-likeness (QED) is 0.904. The summed E-state index contributed by atoms with van der Waals surface area (Å²) in [7, 11) is 0. The molecule has 0 radical (unpaired) electrons. The first kappa shape index (κ1) is 14.4. The van der Waals surface area contributed by atoms with Crippen LogP contribution in [0.2, 0.25) is 0 Å². The number of carboxylic acids is 1. The van der Waals surface area contributed by atoms with E-state index in [0.29, 0.717) is 32.6 Å². The lowest BCUT2D eigenvalue weighted by atomic mass is 10.2. The van der Waals surface area contributed by atoms with Gasteiger partial charge in [0.2, 0.25) is 5.91 Å². The molecule has 1 N–H and O–H groups in total. The third kappa shape index (κ3) is 2.52. The molecule has 1 amide bonds. The van der Waals surface area contributed by atoms with Gasteiger partial charge in [0.25, 0.3) is 0 Å². The minimum absolute atomic E-state index is 0.0135. The van der Waals surface area contributed by atoms with Gasteiger partial charge < -0.3 is 14.9 Å². The number of anilines is 1. The van der Waals surface area contributed by atoms with Crippen LogP contribution >= 0.6 is 11.3 Å². The van der Waals surface area contributed by atoms with E-state index >= 15 is 0 Å². The fourth-order valence-electron chi connectivity index (χ4n) is 3.14. The van der Waals surface area contributed by atoms with Crippen LogP contribution in [-0.2, 0) is 9.59 Å². The monoisotopic (exact) mass is 332 g/mol. The maximum atomic E-state index is 12.3. The van der Waals surface area contributed by atoms with Crippen molar-refractivity contribution in [1.29, 1.82) is 0 Å². The molecule has 1 aliphatic heterocycles. The lowest BCUT2D eigenvalue weighted by Gasteiger charge is -2.35. The average molecular weight is 332 g/mol. The van der Waals surface area contributed by atoms with Crippen molar-refractivity contribution in [2.45, 2.75) is 6.42 Å². The second-order valence-corrected chi connectivity index (χ2v) is 6.83. The first-order chi connectivity index (χ1) is 11.1. The molecule has 1 aliphatic carbocycles. The van der Waals surface area contributed by atoms with E-state index in [1.165, 1.54) is 0 Å². The third-order valence-corrected chi connectivity index (χ3v) is 5.38. The molecule has 0 spiro atoms. The van der Waals surface area contributed by atoms with E-state index in [2.05, 4.69) is 14.9 Å². The van der Waals surface area contributed by atoms with E-state index in [9.17, 15) is 9.59 Å². The largest absolute Gasteiger partial charge is 0.481 e. The zero-order chi connectivity index (χ0) is 16.0. The molecule has 8 heteroatoms. The maximum absolute atomic E-state index is 12.3. The highest BCUT2D eigenvalue weighted by molar-refractivity contribution is 7.16. The number of carboxylic acid groups (broad SMARTS) is 1. The van der Waals surface area contributed by atoms with Crippen molar-refractivity contribution in [2.75, 3.05) is 31.1 Å². The number of fused-ring (bicyclic) bond motifs is 1. The van der Waals surface area contributed by atoms with Crippen molar-refractivity contribution in [3.8, 4) is 0 Å². The standard InChI is InChI=1S/C15H16N4O3S/c20-14(10-7-11(10)15(21)22)19-4-2-18(3-5-19)12-9-1-6-23-13(9)17-8-16-12/h1,6,8,10-11H,2-5,7H2,(H,21,22)/t10-,11-/m0/s1. The summed E-state index contributed by atoms with van der Waals surface area (Å²) in [4.78, 5) is 36.8. The Hall–Kier alpha value is -2.22. The lowest BCUT2D eigenvalue weighted by Crippen LogP contribution is -2.49. The summed E-state index contributed by atoms with van der Waals surface area (Å²) in [5, 5.41) is 12.0. The highest BCUT2D eigenvalue weighted by Crippen LogP contribution is 2.40. The summed E-state index contributed by atoms with van der Waals surface area (Å²) in [6, 6.07) is 2.02. The molecule has 2 aromatic rings. The van der Waals surface area contributed by atoms with Crippen LogP contribution in [0.15, 0.2) is 17.8 Å². The predicted molar refractivity (Wildman–Crippen MR) is 85.4 cm³/mol. The molecule has 0 unspecified atom stereocenters. The first-order valence-electron chi connectivity index (χ1n) is 7.60. The minimum Gasteiger partial charge on any atom is -0.481 e. The fourth-order valence-corrected chi connectivity index (χ4v) is 3.87. The Labute approximate surface area is 136 Å². The molecule has 120 valence electrons. The molecule has 2 aliphatic rings. The van der Waals surface area contributed by atoms with Crippen LogP contribution in [0.1, 0.15) is 6.42 Å². The van der Waals surface area contributed by atoms with Crippen LogP contribution in [0.4, 0.5) is 5.82 Å². The van der Waals surface area contributed by atoms with Crippen molar-refractivity contribution in [3.63, 3.8) is 0 Å². The Morgan fingerprint density at radius 3 is 2.65 bits per heavy atom. The zero-order valence-electron chi connectivity index (χ0n) is 12.4. The van der Waals surface area contributed by atoms with Crippen molar-refractivity contribution >= 4 is 39.2 Å². The zero-order valence-corrected chi connectivity index (χ0v) is 13.2. The smallest absolute Gasteiger partial charge is 0.307 e. The Morgan fingerprint density at radius 1 is 1.17 bits per heavy atom. The van der Waals surface area contributed by atoms with Gasteiger partial charge in [-0.05, 0) is 17.9 Å². The van der Waals surface area contributed by atoms with Gasteiger partial charge in [0, 0.05) is 26.2 Å². The van der Waals surface area contributed by atoms with E-state index in [0.717, 1.165) is 16.0 Å². The Balaban J connectivity index is 1.42. The minimum atomic E-state index is -0.858. The Bertz CT molecular complexity index is 769. The van der Waals surface area contributed by atoms with Crippen molar-refractivity contribution in [3.05, 3.63) is 17.8 Å². The Morgan fingerprint density at radius 2 is 1.96 bits per heavy atom. The fraction of sp³-hybridized carbons (Fsp3) is 0.467. The number of aromatic nitrogens is 2. The van der Waals surface area contributed by atoms with Crippen LogP contribution < -0.4 is 4.90 Å². The van der Waals surface area contributed by atoms with E-state index in [-0.39, 0.29) is 11.8 Å². The lowest BCUT2D eigenvalue weighted by molar-refractivity contribution is -0.142. The third-order valence-electron chi connectivity index (χ3n) is 4.56. The molecule has 2 aromatic heterocycles. The number of thiophene rings is 1. The number of carbonyl (C=O) groups excluding carboxylic acids is 1. The van der Waals surface area contributed by atoms with Crippen molar-refractivity contribution < 1.29 is 14.7 Å². The van der Waals surface area contributed by atoms with Gasteiger partial charge in [-0.1, -0.05) is 0 Å². The van der Waals surface area contributed by atoms with Gasteiger partial charge >= 0.3 is 5.97 Å². The number of aliphatic carboxylic acids is 1. The molecule has 4 rings (SSSR count). The van der Waals surface area contributed by atoms with E-state index in [4.69, 9.17) is 5.11 Å². The van der Waals surface area contributed by atoms with Crippen LogP contribution in [0, 0.1) is 11.8 Å². The molecule has 23 heavy (non-hydrogen) atoms. The predicted octanol–water partition coefficient (Wildman–Crippen LogP) is 1.06. The number of piperazine rings is 1. The average Bonchev–Trinajstić information content (AvgIpc) is 3.24. The molecule has 0 bridgehead atoms. The van der Waals surface area contributed by atoms with Gasteiger partial charge in [0.05, 0.1) is 17.2 Å². The molecular formula is C15H16N4O3S. The summed E-state index contributed by atoms with van der Waals surface area (Å²) in [6.45, 7) is 2.63. The summed E-state index contributed by atoms with van der Waals surface area (Å²) in [5.41, 5.74) is 0. The molecule has 3 heterocycles. The van der Waals surface area contributed by atoms with Gasteiger partial charge in [-0.3, -0.25) is 9.59 Å². The molecule has 2 atom stereocenters. The van der Waals surface area contributed by atoms with Crippen molar-refractivity contribution in [1.82, 2.24) is 14.9 Å². The van der Waals surface area contributed by atoms with E-state index in [1.54, 1.807) is 22.6 Å². The van der Waals surface area contributed by atoms with Crippen LogP contribution in [0.3, 0.4) is 0 Å². The van der Waals surface area contributed by atoms with Gasteiger partial charge in [0.1, 0.15) is 17.0 Å². The van der Waals surface area contributed by atoms with Gasteiger partial charge in [0.15, 0.2) is 0 Å². The number of amides is 1. The first-order valence-corrected chi connectivity index (χ1v) is 8.48. The summed E-state index contributed by atoms with van der Waals surface area (Å²) in [5.74, 6) is -0.754. The Kier molecular flexibility index (Phi) is 3.41. The van der Waals surface area contributed by atoms with Crippen molar-refractivity contribution in [2.24, 2.45) is 11.8 Å². The topological polar surface area (TPSA) is 86.6 Å². The number of nitrogens with zero attached hydrogens (tertiary/aromatic N) is 4. The highest BCUT2D eigenvalue weighted by Gasteiger charge is 2.50. The van der Waals surface area contributed by atoms with Gasteiger partial charge in [-0.15, -0.1) is 11.3 Å². The summed E-state index contributed by atoms with van der Waals surface area (Å²) >= 11 is 1.59. The van der Waals surface area contributed by atoms with Crippen LogP contribution in [0.5, 0.6) is 0 Å². The number of carbonyl (C=O) groups is 2.